The molecule has 0 aliphatic carbocycles. The first-order valence-corrected chi connectivity index (χ1v) is 3.74. The molecule has 3 N–H and O–H groups in total. The largest absolute Gasteiger partial charge is 0.375 e. The molecule has 0 atom stereocenters. The SMILES string of the molecule is COCC(=O)NCc1cc(=O)[nH][nH]1. The Kier molecular flexibility index (Phi) is 3.27. The smallest absolute Gasteiger partial charge is 0.264 e. The minimum absolute atomic E-state index is 0.0225. The van der Waals surface area contributed by atoms with Crippen molar-refractivity contribution in [1.82, 2.24) is 15.5 Å². The minimum Gasteiger partial charge on any atom is -0.375 e. The summed E-state index contributed by atoms with van der Waals surface area (Å²) in [6.07, 6.45) is 0. The average molecular weight is 185 g/mol. The van der Waals surface area contributed by atoms with Gasteiger partial charge in [-0.1, -0.05) is 0 Å². The fourth-order valence-corrected chi connectivity index (χ4v) is 0.843. The van der Waals surface area contributed by atoms with Crippen molar-refractivity contribution in [2.45, 2.75) is 6.54 Å². The molecule has 0 aliphatic rings. The number of hydrogen-bond donors (Lipinski definition) is 3. The number of ether oxygens (including phenoxy) is 1. The number of hydrogen-bond acceptors (Lipinski definition) is 3. The maximum absolute atomic E-state index is 10.9. The Morgan fingerprint density at radius 3 is 2.92 bits per heavy atom. The zero-order chi connectivity index (χ0) is 9.68. The molecule has 6 heteroatoms. The molecule has 0 spiro atoms. The first kappa shape index (κ1) is 9.53. The van der Waals surface area contributed by atoms with Crippen LogP contribution in [0.15, 0.2) is 10.9 Å². The summed E-state index contributed by atoms with van der Waals surface area (Å²) in [5.74, 6) is -0.218. The van der Waals surface area contributed by atoms with Crippen LogP contribution in [0, 0.1) is 0 Å². The third-order valence-electron chi connectivity index (χ3n) is 1.40. The number of H-pyrrole nitrogens is 2. The molecule has 13 heavy (non-hydrogen) atoms. The Balaban J connectivity index is 2.35. The van der Waals surface area contributed by atoms with E-state index in [9.17, 15) is 9.59 Å². The van der Waals surface area contributed by atoms with Crippen LogP contribution in [0.5, 0.6) is 0 Å². The summed E-state index contributed by atoms with van der Waals surface area (Å²) in [5.41, 5.74) is 0.422. The van der Waals surface area contributed by atoms with Crippen LogP contribution in [-0.4, -0.2) is 29.8 Å². The van der Waals surface area contributed by atoms with Gasteiger partial charge in [-0.25, -0.2) is 0 Å². The topological polar surface area (TPSA) is 87.0 Å². The zero-order valence-electron chi connectivity index (χ0n) is 7.22. The Bertz CT molecular complexity index is 328. The number of amides is 1. The number of nitrogens with one attached hydrogen (secondary N) is 3. The standard InChI is InChI=1S/C7H11N3O3/c1-13-4-7(12)8-3-5-2-6(11)10-9-5/h2H,3-4H2,1H3,(H,8,12)(H2,9,10,11). The lowest BCUT2D eigenvalue weighted by atomic mass is 10.4. The number of aromatic amines is 2. The number of aromatic nitrogens is 2. The van der Waals surface area contributed by atoms with E-state index in [-0.39, 0.29) is 18.1 Å². The van der Waals surface area contributed by atoms with Gasteiger partial charge in [0.25, 0.3) is 5.56 Å². The van der Waals surface area contributed by atoms with E-state index in [0.717, 1.165) is 0 Å². The monoisotopic (exact) mass is 185 g/mol. The van der Waals surface area contributed by atoms with E-state index in [2.05, 4.69) is 20.3 Å². The fourth-order valence-electron chi connectivity index (χ4n) is 0.843. The quantitative estimate of drug-likeness (QED) is 0.560. The maximum Gasteiger partial charge on any atom is 0.264 e. The normalized spacial score (nSPS) is 9.92. The summed E-state index contributed by atoms with van der Waals surface area (Å²) in [6, 6.07) is 1.38. The van der Waals surface area contributed by atoms with E-state index >= 15 is 0 Å². The van der Waals surface area contributed by atoms with E-state index in [0.29, 0.717) is 12.2 Å². The minimum atomic E-state index is -0.218. The van der Waals surface area contributed by atoms with Crippen LogP contribution in [0.1, 0.15) is 5.69 Å². The van der Waals surface area contributed by atoms with Crippen molar-refractivity contribution < 1.29 is 9.53 Å². The van der Waals surface area contributed by atoms with E-state index in [1.54, 1.807) is 0 Å². The molecular weight excluding hydrogens is 174 g/mol. The van der Waals surface area contributed by atoms with Gasteiger partial charge in [0, 0.05) is 13.2 Å². The highest BCUT2D eigenvalue weighted by Crippen LogP contribution is 1.85. The Hall–Kier alpha value is -1.56. The van der Waals surface area contributed by atoms with Crippen molar-refractivity contribution >= 4 is 5.91 Å². The summed E-state index contributed by atoms with van der Waals surface area (Å²) in [5, 5.41) is 7.53. The highest BCUT2D eigenvalue weighted by molar-refractivity contribution is 5.77. The van der Waals surface area contributed by atoms with Crippen molar-refractivity contribution in [3.05, 3.63) is 22.1 Å². The first-order valence-electron chi connectivity index (χ1n) is 3.74. The van der Waals surface area contributed by atoms with Gasteiger partial charge in [0.05, 0.1) is 12.2 Å². The second-order valence-electron chi connectivity index (χ2n) is 2.49. The molecule has 1 amide bonds. The van der Waals surface area contributed by atoms with Crippen LogP contribution >= 0.6 is 0 Å². The third kappa shape index (κ3) is 3.12. The van der Waals surface area contributed by atoms with Crippen LogP contribution in [0.3, 0.4) is 0 Å². The van der Waals surface area contributed by atoms with Gasteiger partial charge < -0.3 is 15.2 Å². The summed E-state index contributed by atoms with van der Waals surface area (Å²) >= 11 is 0. The van der Waals surface area contributed by atoms with Crippen molar-refractivity contribution in [1.29, 1.82) is 0 Å². The molecule has 0 bridgehead atoms. The first-order chi connectivity index (χ1) is 6.22. The molecule has 1 aromatic rings. The molecule has 0 aromatic carbocycles. The molecule has 1 heterocycles. The molecule has 0 unspecified atom stereocenters. The molecular formula is C7H11N3O3. The number of rotatable bonds is 4. The highest BCUT2D eigenvalue weighted by Gasteiger charge is 2.00. The predicted octanol–water partition coefficient (Wildman–Crippen LogP) is -1.03. The van der Waals surface area contributed by atoms with Crippen molar-refractivity contribution in [3.63, 3.8) is 0 Å². The van der Waals surface area contributed by atoms with Crippen molar-refractivity contribution in [3.8, 4) is 0 Å². The molecule has 1 rings (SSSR count). The number of methoxy groups -OCH3 is 1. The van der Waals surface area contributed by atoms with Crippen LogP contribution in [-0.2, 0) is 16.1 Å². The van der Waals surface area contributed by atoms with Gasteiger partial charge in [-0.2, -0.15) is 0 Å². The van der Waals surface area contributed by atoms with Gasteiger partial charge in [0.2, 0.25) is 5.91 Å². The molecule has 1 aromatic heterocycles. The van der Waals surface area contributed by atoms with Crippen LogP contribution in [0.25, 0.3) is 0 Å². The Morgan fingerprint density at radius 2 is 2.38 bits per heavy atom. The second-order valence-corrected chi connectivity index (χ2v) is 2.49. The Labute approximate surface area is 74.3 Å². The number of carbonyl (C=O) groups is 1. The maximum atomic E-state index is 10.9. The third-order valence-corrected chi connectivity index (χ3v) is 1.40. The van der Waals surface area contributed by atoms with Crippen LogP contribution in [0.4, 0.5) is 0 Å². The number of carbonyl (C=O) groups excluding carboxylic acids is 1. The summed E-state index contributed by atoms with van der Waals surface area (Å²) in [7, 11) is 1.44. The van der Waals surface area contributed by atoms with Crippen molar-refractivity contribution in [2.75, 3.05) is 13.7 Å². The van der Waals surface area contributed by atoms with Gasteiger partial charge in [-0.3, -0.25) is 14.7 Å². The molecule has 72 valence electrons. The van der Waals surface area contributed by atoms with Crippen LogP contribution in [0.2, 0.25) is 0 Å². The van der Waals surface area contributed by atoms with E-state index in [1.165, 1.54) is 13.2 Å². The molecule has 0 aliphatic heterocycles. The van der Waals surface area contributed by atoms with Crippen molar-refractivity contribution in [2.24, 2.45) is 0 Å². The summed E-state index contributed by atoms with van der Waals surface area (Å²) in [6.45, 7) is 0.315. The van der Waals surface area contributed by atoms with Gasteiger partial charge in [0.1, 0.15) is 6.61 Å². The lowest BCUT2D eigenvalue weighted by molar-refractivity contribution is -0.124. The Morgan fingerprint density at radius 1 is 1.62 bits per heavy atom. The summed E-state index contributed by atoms with van der Waals surface area (Å²) < 4.78 is 4.61. The zero-order valence-corrected chi connectivity index (χ0v) is 7.22. The molecule has 0 saturated heterocycles. The molecule has 0 fully saturated rings. The van der Waals surface area contributed by atoms with Crippen LogP contribution < -0.4 is 10.9 Å². The lowest BCUT2D eigenvalue weighted by Gasteiger charge is -2.01. The van der Waals surface area contributed by atoms with Gasteiger partial charge >= 0.3 is 0 Å². The van der Waals surface area contributed by atoms with E-state index < -0.39 is 0 Å². The van der Waals surface area contributed by atoms with Gasteiger partial charge in [-0.15, -0.1) is 0 Å². The summed E-state index contributed by atoms with van der Waals surface area (Å²) in [4.78, 5) is 21.5. The molecule has 0 radical (unpaired) electrons. The average Bonchev–Trinajstić information content (AvgIpc) is 2.49. The highest BCUT2D eigenvalue weighted by atomic mass is 16.5. The van der Waals surface area contributed by atoms with E-state index in [1.807, 2.05) is 0 Å². The fraction of sp³-hybridized carbons (Fsp3) is 0.429. The second kappa shape index (κ2) is 4.46. The molecule has 0 saturated carbocycles. The van der Waals surface area contributed by atoms with Gasteiger partial charge in [0.15, 0.2) is 0 Å². The molecule has 6 nitrogen and oxygen atoms in total. The lowest BCUT2D eigenvalue weighted by Crippen LogP contribution is -2.26. The van der Waals surface area contributed by atoms with Gasteiger partial charge in [-0.05, 0) is 0 Å². The van der Waals surface area contributed by atoms with E-state index in [4.69, 9.17) is 0 Å². The predicted molar refractivity (Wildman–Crippen MR) is 45.1 cm³/mol.